The first kappa shape index (κ1) is 34.3. The highest BCUT2D eigenvalue weighted by molar-refractivity contribution is 6.36. The Hall–Kier alpha value is -4.81. The molecule has 5 aromatic rings. The summed E-state index contributed by atoms with van der Waals surface area (Å²) in [6.07, 6.45) is 6.26. The number of aromatic nitrogens is 3. The molecule has 2 aliphatic heterocycles. The van der Waals surface area contributed by atoms with Crippen LogP contribution in [0, 0.1) is 5.92 Å². The Bertz CT molecular complexity index is 2130. The second-order valence-electron chi connectivity index (χ2n) is 13.9. The van der Waals surface area contributed by atoms with E-state index < -0.39 is 5.97 Å². The van der Waals surface area contributed by atoms with Gasteiger partial charge in [-0.1, -0.05) is 41.9 Å². The molecule has 2 saturated heterocycles. The first-order valence-corrected chi connectivity index (χ1v) is 18.2. The zero-order valence-electron chi connectivity index (χ0n) is 29.0. The van der Waals surface area contributed by atoms with E-state index in [0.29, 0.717) is 55.2 Å². The second kappa shape index (κ2) is 14.7. The van der Waals surface area contributed by atoms with Crippen LogP contribution in [-0.4, -0.2) is 80.3 Å². The van der Waals surface area contributed by atoms with Crippen molar-refractivity contribution in [2.75, 3.05) is 38.6 Å². The standard InChI is InChI=1S/C40H41ClN6O5/c1-51-39-26(21-47-17-14-28(48)23-47)8-11-35(45-39)52-34-10-9-30-29(4-2-5-31(30)34)32-6-3-7-33(36(32)41)44-38-37-25(12-15-42-38)18-24(19-43-37)20-46-16-13-27(22-46)40(49)50/h2-8,11-12,15,18-19,27-28,34,48H,9-10,13-14,16-17,20-23H2,1H3,(H,42,44)(H,49,50)/t27-,28-,34-/m1/s1. The number of aliphatic hydroxyl groups excluding tert-OH is 1. The van der Waals surface area contributed by atoms with E-state index >= 15 is 0 Å². The lowest BCUT2D eigenvalue weighted by molar-refractivity contribution is -0.141. The maximum atomic E-state index is 11.4. The SMILES string of the molecule is COc1nc(O[C@@H]2CCc3c(-c4cccc(Nc5nccc6cc(CN7CC[C@@H](C(=O)O)C7)cnc56)c4Cl)cccc32)ccc1CN1CC[C@@H](O)C1. The normalized spacial score (nSPS) is 20.3. The van der Waals surface area contributed by atoms with E-state index in [2.05, 4.69) is 38.3 Å². The summed E-state index contributed by atoms with van der Waals surface area (Å²) in [4.78, 5) is 29.8. The minimum absolute atomic E-state index is 0.160. The van der Waals surface area contributed by atoms with Crippen LogP contribution in [0.15, 0.2) is 73.1 Å². The molecule has 0 unspecified atom stereocenters. The summed E-state index contributed by atoms with van der Waals surface area (Å²) in [5, 5.41) is 24.3. The number of hydrogen-bond donors (Lipinski definition) is 3. The number of anilines is 2. The van der Waals surface area contributed by atoms with Gasteiger partial charge in [-0.15, -0.1) is 0 Å². The van der Waals surface area contributed by atoms with Gasteiger partial charge in [0.1, 0.15) is 11.6 Å². The molecule has 3 N–H and O–H groups in total. The van der Waals surface area contributed by atoms with Crippen LogP contribution in [0.3, 0.4) is 0 Å². The molecule has 8 rings (SSSR count). The third kappa shape index (κ3) is 7.01. The Morgan fingerprint density at radius 1 is 0.981 bits per heavy atom. The van der Waals surface area contributed by atoms with Crippen molar-refractivity contribution < 1.29 is 24.5 Å². The predicted octanol–water partition coefficient (Wildman–Crippen LogP) is 6.64. The lowest BCUT2D eigenvalue weighted by Gasteiger charge is -2.19. The Morgan fingerprint density at radius 2 is 1.81 bits per heavy atom. The average molecular weight is 721 g/mol. The summed E-state index contributed by atoms with van der Waals surface area (Å²) in [5.74, 6) is 0.616. The maximum Gasteiger partial charge on any atom is 0.307 e. The highest BCUT2D eigenvalue weighted by Crippen LogP contribution is 2.44. The van der Waals surface area contributed by atoms with E-state index in [4.69, 9.17) is 31.0 Å². The summed E-state index contributed by atoms with van der Waals surface area (Å²) in [5.41, 5.74) is 7.75. The molecular formula is C40H41ClN6O5. The number of likely N-dealkylation sites (tertiary alicyclic amines) is 2. The number of aliphatic carboxylic acids is 1. The quantitative estimate of drug-likeness (QED) is 0.136. The van der Waals surface area contributed by atoms with E-state index in [1.165, 1.54) is 5.56 Å². The number of rotatable bonds is 11. The predicted molar refractivity (Wildman–Crippen MR) is 199 cm³/mol. The van der Waals surface area contributed by atoms with Gasteiger partial charge >= 0.3 is 5.97 Å². The van der Waals surface area contributed by atoms with E-state index in [1.807, 2.05) is 48.7 Å². The molecule has 0 saturated carbocycles. The number of carboxylic acid groups (broad SMARTS) is 1. The van der Waals surface area contributed by atoms with Crippen molar-refractivity contribution in [1.29, 1.82) is 0 Å². The number of β-amino-alcohol motifs (C(OH)–C–C–N with tert-alkyl or cyclic N) is 1. The van der Waals surface area contributed by atoms with E-state index in [0.717, 1.165) is 76.8 Å². The molecule has 268 valence electrons. The van der Waals surface area contributed by atoms with Gasteiger partial charge in [0.2, 0.25) is 11.8 Å². The topological polar surface area (TPSA) is 133 Å². The zero-order valence-corrected chi connectivity index (χ0v) is 29.7. The molecule has 2 fully saturated rings. The number of halogens is 1. The minimum atomic E-state index is -0.730. The van der Waals surface area contributed by atoms with Crippen molar-refractivity contribution in [3.05, 3.63) is 100 Å². The van der Waals surface area contributed by atoms with Gasteiger partial charge in [0.25, 0.3) is 0 Å². The van der Waals surface area contributed by atoms with Crippen LogP contribution in [-0.2, 0) is 24.3 Å². The number of fused-ring (bicyclic) bond motifs is 2. The molecule has 3 atom stereocenters. The van der Waals surface area contributed by atoms with Crippen molar-refractivity contribution in [3.63, 3.8) is 0 Å². The molecule has 0 amide bonds. The second-order valence-corrected chi connectivity index (χ2v) is 14.3. The number of nitrogens with zero attached hydrogens (tertiary/aromatic N) is 5. The summed E-state index contributed by atoms with van der Waals surface area (Å²) in [6.45, 7) is 4.14. The smallest absolute Gasteiger partial charge is 0.307 e. The summed E-state index contributed by atoms with van der Waals surface area (Å²) < 4.78 is 12.1. The molecule has 52 heavy (non-hydrogen) atoms. The molecule has 0 spiro atoms. The Morgan fingerprint density at radius 3 is 2.62 bits per heavy atom. The first-order chi connectivity index (χ1) is 25.3. The highest BCUT2D eigenvalue weighted by atomic mass is 35.5. The summed E-state index contributed by atoms with van der Waals surface area (Å²) >= 11 is 7.15. The number of ether oxygens (including phenoxy) is 2. The fourth-order valence-corrected chi connectivity index (χ4v) is 8.11. The number of methoxy groups -OCH3 is 1. The van der Waals surface area contributed by atoms with E-state index in [9.17, 15) is 15.0 Å². The first-order valence-electron chi connectivity index (χ1n) is 17.8. The van der Waals surface area contributed by atoms with Gasteiger partial charge in [-0.25, -0.2) is 4.98 Å². The number of benzene rings is 2. The zero-order chi connectivity index (χ0) is 35.8. The molecular weight excluding hydrogens is 680 g/mol. The number of nitrogens with one attached hydrogen (secondary N) is 1. The molecule has 1 aliphatic carbocycles. The van der Waals surface area contributed by atoms with Crippen LogP contribution in [0.2, 0.25) is 5.02 Å². The van der Waals surface area contributed by atoms with Crippen molar-refractivity contribution in [2.24, 2.45) is 5.92 Å². The number of carbonyl (C=O) groups is 1. The van der Waals surface area contributed by atoms with E-state index in [1.54, 1.807) is 13.3 Å². The number of pyridine rings is 3. The average Bonchev–Trinajstić information content (AvgIpc) is 3.90. The lowest BCUT2D eigenvalue weighted by atomic mass is 9.96. The van der Waals surface area contributed by atoms with Crippen LogP contribution >= 0.6 is 11.6 Å². The molecule has 3 aliphatic rings. The Kier molecular flexibility index (Phi) is 9.67. The molecule has 12 heteroatoms. The van der Waals surface area contributed by atoms with Gasteiger partial charge in [-0.05, 0) is 78.7 Å². The summed E-state index contributed by atoms with van der Waals surface area (Å²) in [7, 11) is 1.62. The fourth-order valence-electron chi connectivity index (χ4n) is 7.83. The molecule has 0 bridgehead atoms. The van der Waals surface area contributed by atoms with Gasteiger partial charge in [0.05, 0.1) is 29.8 Å². The summed E-state index contributed by atoms with van der Waals surface area (Å²) in [6, 6.07) is 20.2. The van der Waals surface area contributed by atoms with Crippen molar-refractivity contribution >= 4 is 40.0 Å². The maximum absolute atomic E-state index is 11.4. The van der Waals surface area contributed by atoms with Crippen LogP contribution in [0.25, 0.3) is 22.0 Å². The highest BCUT2D eigenvalue weighted by Gasteiger charge is 2.30. The minimum Gasteiger partial charge on any atom is -0.481 e. The third-order valence-corrected chi connectivity index (χ3v) is 10.9. The van der Waals surface area contributed by atoms with Crippen molar-refractivity contribution in [1.82, 2.24) is 24.8 Å². The Balaban J connectivity index is 0.994. The van der Waals surface area contributed by atoms with Crippen LogP contribution < -0.4 is 14.8 Å². The van der Waals surface area contributed by atoms with Crippen LogP contribution in [0.1, 0.15) is 47.6 Å². The molecule has 0 radical (unpaired) electrons. The molecule has 11 nitrogen and oxygen atoms in total. The molecule has 5 heterocycles. The van der Waals surface area contributed by atoms with Crippen molar-refractivity contribution in [2.45, 2.75) is 51.0 Å². The van der Waals surface area contributed by atoms with Gasteiger partial charge in [0.15, 0.2) is 5.82 Å². The van der Waals surface area contributed by atoms with E-state index in [-0.39, 0.29) is 18.1 Å². The largest absolute Gasteiger partial charge is 0.481 e. The van der Waals surface area contributed by atoms with Gasteiger partial charge in [-0.2, -0.15) is 4.98 Å². The van der Waals surface area contributed by atoms with Gasteiger partial charge in [0, 0.05) is 67.7 Å². The van der Waals surface area contributed by atoms with Crippen LogP contribution in [0.4, 0.5) is 11.5 Å². The van der Waals surface area contributed by atoms with Gasteiger partial charge in [-0.3, -0.25) is 19.6 Å². The Labute approximate surface area is 307 Å². The monoisotopic (exact) mass is 720 g/mol. The molecule has 2 aromatic carbocycles. The number of hydrogen-bond acceptors (Lipinski definition) is 10. The van der Waals surface area contributed by atoms with Crippen LogP contribution in [0.5, 0.6) is 11.8 Å². The van der Waals surface area contributed by atoms with Gasteiger partial charge < -0.3 is 25.0 Å². The number of aliphatic hydroxyl groups is 1. The lowest BCUT2D eigenvalue weighted by Crippen LogP contribution is -2.22. The fraction of sp³-hybridized carbons (Fsp3) is 0.350. The van der Waals surface area contributed by atoms with Crippen molar-refractivity contribution in [3.8, 4) is 22.9 Å². The third-order valence-electron chi connectivity index (χ3n) is 10.5. The number of carboxylic acids is 1. The molecule has 3 aromatic heterocycles.